The standard InChI is InChI=1S/C10H14O4S/c11-9(12)5-1-6-3-15-4-7(2-5)8(6)10(13)14/h5-8H,1-4H2,(H,11,12)(H,13,14). The van der Waals surface area contributed by atoms with Crippen molar-refractivity contribution in [2.45, 2.75) is 12.8 Å². The first-order valence-corrected chi connectivity index (χ1v) is 6.28. The smallest absolute Gasteiger partial charge is 0.307 e. The minimum Gasteiger partial charge on any atom is -0.481 e. The van der Waals surface area contributed by atoms with E-state index >= 15 is 0 Å². The molecule has 2 bridgehead atoms. The van der Waals surface area contributed by atoms with Crippen molar-refractivity contribution in [3.8, 4) is 0 Å². The summed E-state index contributed by atoms with van der Waals surface area (Å²) in [6.07, 6.45) is 1.08. The Morgan fingerprint density at radius 1 is 1.00 bits per heavy atom. The molecule has 1 heterocycles. The number of hydrogen-bond acceptors (Lipinski definition) is 3. The molecule has 0 spiro atoms. The minimum atomic E-state index is -0.763. The van der Waals surface area contributed by atoms with Crippen molar-refractivity contribution in [3.63, 3.8) is 0 Å². The van der Waals surface area contributed by atoms with Crippen LogP contribution in [0.3, 0.4) is 0 Å². The van der Waals surface area contributed by atoms with Gasteiger partial charge in [0.1, 0.15) is 0 Å². The summed E-state index contributed by atoms with van der Waals surface area (Å²) in [5, 5.41) is 18.1. The summed E-state index contributed by atoms with van der Waals surface area (Å²) in [4.78, 5) is 22.0. The van der Waals surface area contributed by atoms with E-state index in [1.54, 1.807) is 11.8 Å². The zero-order valence-electron chi connectivity index (χ0n) is 8.26. The highest BCUT2D eigenvalue weighted by molar-refractivity contribution is 7.99. The maximum absolute atomic E-state index is 11.1. The number of aliphatic carboxylic acids is 2. The van der Waals surface area contributed by atoms with Gasteiger partial charge in [-0.2, -0.15) is 11.8 Å². The van der Waals surface area contributed by atoms with E-state index in [0.29, 0.717) is 12.8 Å². The van der Waals surface area contributed by atoms with Crippen molar-refractivity contribution >= 4 is 23.7 Å². The average molecular weight is 230 g/mol. The highest BCUT2D eigenvalue weighted by Gasteiger charge is 2.46. The van der Waals surface area contributed by atoms with Crippen molar-refractivity contribution in [1.29, 1.82) is 0 Å². The third-order valence-electron chi connectivity index (χ3n) is 3.49. The van der Waals surface area contributed by atoms with E-state index in [0.717, 1.165) is 11.5 Å². The number of carbonyl (C=O) groups is 2. The molecular formula is C10H14O4S. The summed E-state index contributed by atoms with van der Waals surface area (Å²) in [7, 11) is 0. The second-order valence-electron chi connectivity index (χ2n) is 4.43. The predicted molar refractivity (Wildman–Crippen MR) is 55.8 cm³/mol. The number of carboxylic acids is 2. The molecule has 0 aromatic rings. The molecule has 2 aliphatic rings. The Hall–Kier alpha value is -0.710. The van der Waals surface area contributed by atoms with Crippen molar-refractivity contribution < 1.29 is 19.8 Å². The van der Waals surface area contributed by atoms with Gasteiger partial charge in [-0.3, -0.25) is 9.59 Å². The molecule has 2 N–H and O–H groups in total. The van der Waals surface area contributed by atoms with Gasteiger partial charge in [0.15, 0.2) is 0 Å². The van der Waals surface area contributed by atoms with Gasteiger partial charge in [-0.15, -0.1) is 0 Å². The SMILES string of the molecule is O=C(O)C1CC2CSCC(C1)C2C(=O)O. The number of carboxylic acid groups (broad SMARTS) is 2. The summed E-state index contributed by atoms with van der Waals surface area (Å²) in [5.74, 6) is -0.412. The third kappa shape index (κ3) is 1.97. The predicted octanol–water partition coefficient (Wildman–Crippen LogP) is 1.16. The van der Waals surface area contributed by atoms with E-state index in [1.165, 1.54) is 0 Å². The van der Waals surface area contributed by atoms with E-state index in [-0.39, 0.29) is 23.7 Å². The summed E-state index contributed by atoms with van der Waals surface area (Å²) in [5.41, 5.74) is 0. The van der Waals surface area contributed by atoms with E-state index in [2.05, 4.69) is 0 Å². The second-order valence-corrected chi connectivity index (χ2v) is 5.50. The summed E-state index contributed by atoms with van der Waals surface area (Å²) < 4.78 is 0. The van der Waals surface area contributed by atoms with Crippen molar-refractivity contribution in [3.05, 3.63) is 0 Å². The van der Waals surface area contributed by atoms with Crippen LogP contribution >= 0.6 is 11.8 Å². The van der Waals surface area contributed by atoms with E-state index < -0.39 is 11.9 Å². The first-order chi connectivity index (χ1) is 7.09. The molecule has 2 atom stereocenters. The van der Waals surface area contributed by atoms with Crippen LogP contribution in [-0.2, 0) is 9.59 Å². The molecule has 4 nitrogen and oxygen atoms in total. The monoisotopic (exact) mass is 230 g/mol. The van der Waals surface area contributed by atoms with Crippen molar-refractivity contribution in [2.75, 3.05) is 11.5 Å². The van der Waals surface area contributed by atoms with E-state index in [1.807, 2.05) is 0 Å². The molecule has 1 saturated heterocycles. The van der Waals surface area contributed by atoms with Gasteiger partial charge in [-0.05, 0) is 36.2 Å². The topological polar surface area (TPSA) is 74.6 Å². The minimum absolute atomic E-state index is 0.0566. The van der Waals surface area contributed by atoms with Gasteiger partial charge >= 0.3 is 11.9 Å². The molecule has 0 amide bonds. The highest BCUT2D eigenvalue weighted by Crippen LogP contribution is 2.45. The normalized spacial score (nSPS) is 39.7. The van der Waals surface area contributed by atoms with Crippen LogP contribution in [0.5, 0.6) is 0 Å². The average Bonchev–Trinajstić information content (AvgIpc) is 2.15. The van der Waals surface area contributed by atoms with Crippen LogP contribution in [0.25, 0.3) is 0 Å². The van der Waals surface area contributed by atoms with E-state index in [4.69, 9.17) is 10.2 Å². The van der Waals surface area contributed by atoms with Gasteiger partial charge in [0.05, 0.1) is 11.8 Å². The van der Waals surface area contributed by atoms with Crippen LogP contribution in [0.1, 0.15) is 12.8 Å². The quantitative estimate of drug-likeness (QED) is 0.744. The first-order valence-electron chi connectivity index (χ1n) is 5.13. The van der Waals surface area contributed by atoms with Gasteiger partial charge < -0.3 is 10.2 Å². The third-order valence-corrected chi connectivity index (χ3v) is 4.82. The number of thioether (sulfide) groups is 1. The van der Waals surface area contributed by atoms with Crippen LogP contribution < -0.4 is 0 Å². The molecule has 1 aliphatic carbocycles. The lowest BCUT2D eigenvalue weighted by Gasteiger charge is -2.42. The molecule has 2 fully saturated rings. The lowest BCUT2D eigenvalue weighted by Crippen LogP contribution is -2.44. The maximum Gasteiger partial charge on any atom is 0.307 e. The molecular weight excluding hydrogens is 216 g/mol. The Morgan fingerprint density at radius 2 is 1.53 bits per heavy atom. The second kappa shape index (κ2) is 4.04. The molecule has 0 aromatic heterocycles. The molecule has 1 saturated carbocycles. The summed E-state index contributed by atoms with van der Waals surface area (Å²) in [6, 6.07) is 0. The summed E-state index contributed by atoms with van der Waals surface area (Å²) >= 11 is 1.77. The fourth-order valence-electron chi connectivity index (χ4n) is 2.82. The van der Waals surface area contributed by atoms with Gasteiger partial charge in [0, 0.05) is 0 Å². The van der Waals surface area contributed by atoms with Crippen LogP contribution in [-0.4, -0.2) is 33.7 Å². The first kappa shape index (κ1) is 10.8. The zero-order valence-corrected chi connectivity index (χ0v) is 9.07. The summed E-state index contributed by atoms with van der Waals surface area (Å²) in [6.45, 7) is 0. The van der Waals surface area contributed by atoms with Gasteiger partial charge in [0.25, 0.3) is 0 Å². The number of fused-ring (bicyclic) bond motifs is 2. The lowest BCUT2D eigenvalue weighted by atomic mass is 9.68. The molecule has 2 rings (SSSR count). The Labute approximate surface area is 92.0 Å². The highest BCUT2D eigenvalue weighted by atomic mass is 32.2. The fraction of sp³-hybridized carbons (Fsp3) is 0.800. The molecule has 15 heavy (non-hydrogen) atoms. The molecule has 2 unspecified atom stereocenters. The number of rotatable bonds is 2. The van der Waals surface area contributed by atoms with Crippen LogP contribution in [0.4, 0.5) is 0 Å². The maximum atomic E-state index is 11.1. The molecule has 0 aromatic carbocycles. The largest absolute Gasteiger partial charge is 0.481 e. The molecule has 5 heteroatoms. The van der Waals surface area contributed by atoms with Crippen molar-refractivity contribution in [1.82, 2.24) is 0 Å². The molecule has 1 aliphatic heterocycles. The van der Waals surface area contributed by atoms with Crippen LogP contribution in [0, 0.1) is 23.7 Å². The van der Waals surface area contributed by atoms with Crippen LogP contribution in [0.15, 0.2) is 0 Å². The van der Waals surface area contributed by atoms with Crippen molar-refractivity contribution in [2.24, 2.45) is 23.7 Å². The zero-order chi connectivity index (χ0) is 11.0. The van der Waals surface area contributed by atoms with Gasteiger partial charge in [0.2, 0.25) is 0 Å². The van der Waals surface area contributed by atoms with E-state index in [9.17, 15) is 9.59 Å². The lowest BCUT2D eigenvalue weighted by molar-refractivity contribution is -0.153. The molecule has 0 radical (unpaired) electrons. The Balaban J connectivity index is 2.15. The van der Waals surface area contributed by atoms with Crippen LogP contribution in [0.2, 0.25) is 0 Å². The number of hydrogen-bond donors (Lipinski definition) is 2. The molecule has 84 valence electrons. The fourth-order valence-corrected chi connectivity index (χ4v) is 4.25. The Morgan fingerprint density at radius 3 is 1.93 bits per heavy atom. The van der Waals surface area contributed by atoms with Gasteiger partial charge in [-0.25, -0.2) is 0 Å². The van der Waals surface area contributed by atoms with Gasteiger partial charge in [-0.1, -0.05) is 0 Å². The Bertz CT molecular complexity index is 277. The Kier molecular flexibility index (Phi) is 2.91.